The van der Waals surface area contributed by atoms with Crippen LogP contribution in [0.4, 0.5) is 5.69 Å². The SMILES string of the molecule is Cc1cc(O)ccc1N=C1NC(=O)/C(=C\c2ccccc2OCC(=O)O)S1. The third-order valence-corrected chi connectivity index (χ3v) is 4.52. The minimum absolute atomic E-state index is 0.151. The largest absolute Gasteiger partial charge is 0.508 e. The Morgan fingerprint density at radius 1 is 1.30 bits per heavy atom. The molecule has 0 bridgehead atoms. The van der Waals surface area contributed by atoms with E-state index in [1.807, 2.05) is 6.92 Å². The van der Waals surface area contributed by atoms with Gasteiger partial charge in [-0.1, -0.05) is 18.2 Å². The number of carboxylic acids is 1. The molecule has 3 N–H and O–H groups in total. The molecule has 0 atom stereocenters. The predicted octanol–water partition coefficient (Wildman–Crippen LogP) is 3.06. The van der Waals surface area contributed by atoms with Gasteiger partial charge in [-0.25, -0.2) is 9.79 Å². The minimum Gasteiger partial charge on any atom is -0.508 e. The number of para-hydroxylation sites is 1. The number of carbonyl (C=O) groups excluding carboxylic acids is 1. The van der Waals surface area contributed by atoms with Crippen molar-refractivity contribution in [1.29, 1.82) is 0 Å². The monoisotopic (exact) mass is 384 g/mol. The molecule has 1 amide bonds. The van der Waals surface area contributed by atoms with Crippen molar-refractivity contribution in [1.82, 2.24) is 5.32 Å². The Morgan fingerprint density at radius 2 is 2.07 bits per heavy atom. The normalized spacial score (nSPS) is 16.6. The summed E-state index contributed by atoms with van der Waals surface area (Å²) in [6, 6.07) is 11.7. The number of amides is 1. The van der Waals surface area contributed by atoms with Crippen LogP contribution in [0.3, 0.4) is 0 Å². The van der Waals surface area contributed by atoms with Crippen molar-refractivity contribution in [2.45, 2.75) is 6.92 Å². The number of aryl methyl sites for hydroxylation is 1. The van der Waals surface area contributed by atoms with E-state index >= 15 is 0 Å². The highest BCUT2D eigenvalue weighted by Crippen LogP contribution is 2.31. The van der Waals surface area contributed by atoms with Gasteiger partial charge in [0, 0.05) is 5.56 Å². The van der Waals surface area contributed by atoms with Gasteiger partial charge in [-0.2, -0.15) is 0 Å². The highest BCUT2D eigenvalue weighted by molar-refractivity contribution is 8.18. The van der Waals surface area contributed by atoms with Crippen molar-refractivity contribution in [3.63, 3.8) is 0 Å². The number of aromatic hydroxyl groups is 1. The molecule has 0 spiro atoms. The van der Waals surface area contributed by atoms with Crippen LogP contribution in [0.2, 0.25) is 0 Å². The maximum atomic E-state index is 12.2. The predicted molar refractivity (Wildman–Crippen MR) is 103 cm³/mol. The molecule has 0 unspecified atom stereocenters. The molecular weight excluding hydrogens is 368 g/mol. The second kappa shape index (κ2) is 7.96. The van der Waals surface area contributed by atoms with E-state index in [0.717, 1.165) is 5.56 Å². The molecule has 1 fully saturated rings. The van der Waals surface area contributed by atoms with Gasteiger partial charge >= 0.3 is 5.97 Å². The summed E-state index contributed by atoms with van der Waals surface area (Å²) in [6.45, 7) is 1.35. The molecule has 138 valence electrons. The molecule has 1 heterocycles. The van der Waals surface area contributed by atoms with Gasteiger partial charge in [-0.15, -0.1) is 0 Å². The molecule has 0 radical (unpaired) electrons. The summed E-state index contributed by atoms with van der Waals surface area (Å²) >= 11 is 1.17. The third kappa shape index (κ3) is 4.68. The number of hydrogen-bond acceptors (Lipinski definition) is 6. The van der Waals surface area contributed by atoms with Crippen LogP contribution in [0.25, 0.3) is 6.08 Å². The lowest BCUT2D eigenvalue weighted by molar-refractivity contribution is -0.139. The maximum Gasteiger partial charge on any atom is 0.341 e. The minimum atomic E-state index is -1.08. The zero-order valence-corrected chi connectivity index (χ0v) is 15.1. The number of aliphatic imine (C=N–C) groups is 1. The number of benzene rings is 2. The number of carbonyl (C=O) groups is 2. The fourth-order valence-corrected chi connectivity index (χ4v) is 3.19. The van der Waals surface area contributed by atoms with Crippen LogP contribution in [0.1, 0.15) is 11.1 Å². The first kappa shape index (κ1) is 18.5. The Hall–Kier alpha value is -3.26. The van der Waals surface area contributed by atoms with E-state index in [2.05, 4.69) is 10.3 Å². The number of carboxylic acid groups (broad SMARTS) is 1. The van der Waals surface area contributed by atoms with E-state index in [-0.39, 0.29) is 11.7 Å². The van der Waals surface area contributed by atoms with E-state index in [1.54, 1.807) is 42.5 Å². The smallest absolute Gasteiger partial charge is 0.341 e. The zero-order valence-electron chi connectivity index (χ0n) is 14.3. The average Bonchev–Trinajstić information content (AvgIpc) is 2.96. The lowest BCUT2D eigenvalue weighted by Crippen LogP contribution is -2.19. The molecule has 7 nitrogen and oxygen atoms in total. The molecule has 1 aliphatic rings. The summed E-state index contributed by atoms with van der Waals surface area (Å²) in [5.74, 6) is -0.856. The molecule has 1 aliphatic heterocycles. The molecule has 1 saturated heterocycles. The van der Waals surface area contributed by atoms with Gasteiger partial charge in [0.2, 0.25) is 0 Å². The van der Waals surface area contributed by atoms with Crippen molar-refractivity contribution < 1.29 is 24.5 Å². The second-order valence-electron chi connectivity index (χ2n) is 5.67. The highest BCUT2D eigenvalue weighted by atomic mass is 32.2. The van der Waals surface area contributed by atoms with Crippen LogP contribution in [0.5, 0.6) is 11.5 Å². The Labute approximate surface area is 159 Å². The number of phenolic OH excluding ortho intramolecular Hbond substituents is 1. The lowest BCUT2D eigenvalue weighted by Gasteiger charge is -2.06. The molecular formula is C19H16N2O5S. The topological polar surface area (TPSA) is 108 Å². The van der Waals surface area contributed by atoms with Crippen LogP contribution in [-0.4, -0.2) is 33.9 Å². The molecule has 0 aliphatic carbocycles. The third-order valence-electron chi connectivity index (χ3n) is 3.61. The summed E-state index contributed by atoms with van der Waals surface area (Å²) in [4.78, 5) is 27.8. The van der Waals surface area contributed by atoms with Crippen LogP contribution in [0, 0.1) is 6.92 Å². The summed E-state index contributed by atoms with van der Waals surface area (Å²) in [7, 11) is 0. The van der Waals surface area contributed by atoms with E-state index in [4.69, 9.17) is 9.84 Å². The van der Waals surface area contributed by atoms with E-state index in [0.29, 0.717) is 27.1 Å². The Morgan fingerprint density at radius 3 is 2.81 bits per heavy atom. The van der Waals surface area contributed by atoms with Gasteiger partial charge in [0.05, 0.1) is 10.6 Å². The number of nitrogens with one attached hydrogen (secondary N) is 1. The number of ether oxygens (including phenoxy) is 1. The number of phenols is 1. The first-order valence-corrected chi connectivity index (χ1v) is 8.77. The Balaban J connectivity index is 1.84. The van der Waals surface area contributed by atoms with Crippen LogP contribution in [-0.2, 0) is 9.59 Å². The van der Waals surface area contributed by atoms with Crippen LogP contribution >= 0.6 is 11.8 Å². The average molecular weight is 384 g/mol. The Kier molecular flexibility index (Phi) is 5.46. The summed E-state index contributed by atoms with van der Waals surface area (Å²) in [5, 5.41) is 21.3. The van der Waals surface area contributed by atoms with Gasteiger partial charge < -0.3 is 20.3 Å². The van der Waals surface area contributed by atoms with Gasteiger partial charge in [0.1, 0.15) is 11.5 Å². The second-order valence-corrected chi connectivity index (χ2v) is 6.70. The van der Waals surface area contributed by atoms with Gasteiger partial charge in [-0.05, 0) is 54.6 Å². The van der Waals surface area contributed by atoms with Crippen molar-refractivity contribution in [3.8, 4) is 11.5 Å². The van der Waals surface area contributed by atoms with Crippen molar-refractivity contribution in [3.05, 3.63) is 58.5 Å². The van der Waals surface area contributed by atoms with Crippen LogP contribution < -0.4 is 10.1 Å². The first-order valence-electron chi connectivity index (χ1n) is 7.95. The van der Waals surface area contributed by atoms with Crippen molar-refractivity contribution in [2.75, 3.05) is 6.61 Å². The van der Waals surface area contributed by atoms with E-state index in [9.17, 15) is 14.7 Å². The standard InChI is InChI=1S/C19H16N2O5S/c1-11-8-13(22)6-7-14(11)20-19-21-18(25)16(27-19)9-12-4-2-3-5-15(12)26-10-17(23)24/h2-9,22H,10H2,1H3,(H,23,24)(H,20,21,25)/b16-9+. The van der Waals surface area contributed by atoms with Gasteiger partial charge in [-0.3, -0.25) is 4.79 Å². The van der Waals surface area contributed by atoms with Crippen LogP contribution in [0.15, 0.2) is 52.4 Å². The number of nitrogens with zero attached hydrogens (tertiary/aromatic N) is 1. The quantitative estimate of drug-likeness (QED) is 0.684. The van der Waals surface area contributed by atoms with E-state index in [1.165, 1.54) is 17.8 Å². The van der Waals surface area contributed by atoms with Crippen molar-refractivity contribution in [2.24, 2.45) is 4.99 Å². The molecule has 0 saturated carbocycles. The van der Waals surface area contributed by atoms with Gasteiger partial charge in [0.15, 0.2) is 11.8 Å². The molecule has 2 aromatic rings. The summed E-state index contributed by atoms with van der Waals surface area (Å²) in [5.41, 5.74) is 2.02. The lowest BCUT2D eigenvalue weighted by atomic mass is 10.2. The zero-order chi connectivity index (χ0) is 19.4. The fraction of sp³-hybridized carbons (Fsp3) is 0.105. The summed E-state index contributed by atoms with van der Waals surface area (Å²) < 4.78 is 5.25. The molecule has 0 aromatic heterocycles. The Bertz CT molecular complexity index is 968. The summed E-state index contributed by atoms with van der Waals surface area (Å²) in [6.07, 6.45) is 1.63. The molecule has 3 rings (SSSR count). The molecule has 8 heteroatoms. The van der Waals surface area contributed by atoms with Gasteiger partial charge in [0.25, 0.3) is 5.91 Å². The number of aliphatic carboxylic acids is 1. The number of thioether (sulfide) groups is 1. The molecule has 2 aromatic carbocycles. The molecule has 27 heavy (non-hydrogen) atoms. The maximum absolute atomic E-state index is 12.2. The highest BCUT2D eigenvalue weighted by Gasteiger charge is 2.24. The number of hydrogen-bond donors (Lipinski definition) is 3. The number of rotatable bonds is 5. The van der Waals surface area contributed by atoms with E-state index < -0.39 is 12.6 Å². The first-order chi connectivity index (χ1) is 12.9. The fourth-order valence-electron chi connectivity index (χ4n) is 2.37. The van der Waals surface area contributed by atoms with Crippen molar-refractivity contribution >= 4 is 40.6 Å². The number of amidine groups is 1.